The lowest BCUT2D eigenvalue weighted by molar-refractivity contribution is 0.587. The highest BCUT2D eigenvalue weighted by Gasteiger charge is 2.22. The molecule has 1 aliphatic heterocycles. The van der Waals surface area contributed by atoms with Crippen LogP contribution in [0.3, 0.4) is 0 Å². The maximum Gasteiger partial charge on any atom is 0.0415 e. The lowest BCUT2D eigenvalue weighted by atomic mass is 10.1. The Morgan fingerprint density at radius 1 is 1.44 bits per heavy atom. The number of benzene rings is 1. The quantitative estimate of drug-likeness (QED) is 0.891. The second kappa shape index (κ2) is 5.94. The molecule has 0 spiro atoms. The van der Waals surface area contributed by atoms with Gasteiger partial charge in [-0.2, -0.15) is 0 Å². The lowest BCUT2D eigenvalue weighted by Crippen LogP contribution is -2.29. The molecule has 1 atom stereocenters. The van der Waals surface area contributed by atoms with Crippen molar-refractivity contribution in [2.75, 3.05) is 11.4 Å². The van der Waals surface area contributed by atoms with E-state index < -0.39 is 0 Å². The van der Waals surface area contributed by atoms with Gasteiger partial charge in [0, 0.05) is 35.9 Å². The normalized spacial score (nSPS) is 19.8. The second-order valence-corrected chi connectivity index (χ2v) is 5.93. The predicted octanol–water partition coefficient (Wildman–Crippen LogP) is 3.83. The molecule has 1 aromatic carbocycles. The SMILES string of the molecule is CC(C)NCc1cc(Cl)ccc1N1CCCC1C. The number of hydrogen-bond donors (Lipinski definition) is 1. The average molecular weight is 267 g/mol. The zero-order valence-corrected chi connectivity index (χ0v) is 12.3. The number of nitrogens with one attached hydrogen (secondary N) is 1. The van der Waals surface area contributed by atoms with E-state index in [9.17, 15) is 0 Å². The molecular weight excluding hydrogens is 244 g/mol. The van der Waals surface area contributed by atoms with Gasteiger partial charge in [-0.05, 0) is 43.5 Å². The number of nitrogens with zero attached hydrogens (tertiary/aromatic N) is 1. The van der Waals surface area contributed by atoms with E-state index in [1.807, 2.05) is 6.07 Å². The van der Waals surface area contributed by atoms with Crippen molar-refractivity contribution < 1.29 is 0 Å². The Balaban J connectivity index is 2.22. The van der Waals surface area contributed by atoms with E-state index in [1.54, 1.807) is 0 Å². The van der Waals surface area contributed by atoms with E-state index in [1.165, 1.54) is 24.1 Å². The highest BCUT2D eigenvalue weighted by atomic mass is 35.5. The van der Waals surface area contributed by atoms with Gasteiger partial charge < -0.3 is 10.2 Å². The molecule has 0 bridgehead atoms. The summed E-state index contributed by atoms with van der Waals surface area (Å²) in [5.74, 6) is 0. The van der Waals surface area contributed by atoms with Crippen LogP contribution in [0.25, 0.3) is 0 Å². The Bertz CT molecular complexity index is 403. The fourth-order valence-electron chi connectivity index (χ4n) is 2.58. The topological polar surface area (TPSA) is 15.3 Å². The zero-order valence-electron chi connectivity index (χ0n) is 11.5. The number of hydrogen-bond acceptors (Lipinski definition) is 2. The van der Waals surface area contributed by atoms with E-state index >= 15 is 0 Å². The van der Waals surface area contributed by atoms with E-state index in [2.05, 4.69) is 43.1 Å². The van der Waals surface area contributed by atoms with Gasteiger partial charge in [-0.1, -0.05) is 25.4 Å². The molecule has 2 nitrogen and oxygen atoms in total. The first-order valence-corrected chi connectivity index (χ1v) is 7.24. The van der Waals surface area contributed by atoms with Crippen LogP contribution in [0.1, 0.15) is 39.2 Å². The average Bonchev–Trinajstić information content (AvgIpc) is 2.73. The molecule has 1 aromatic rings. The number of anilines is 1. The fourth-order valence-corrected chi connectivity index (χ4v) is 2.78. The first-order valence-electron chi connectivity index (χ1n) is 6.86. The molecule has 1 saturated heterocycles. The largest absolute Gasteiger partial charge is 0.369 e. The van der Waals surface area contributed by atoms with Crippen LogP contribution in [-0.4, -0.2) is 18.6 Å². The highest BCUT2D eigenvalue weighted by Crippen LogP contribution is 2.30. The summed E-state index contributed by atoms with van der Waals surface area (Å²) in [7, 11) is 0. The molecule has 1 N–H and O–H groups in total. The van der Waals surface area contributed by atoms with Crippen LogP contribution in [-0.2, 0) is 6.54 Å². The summed E-state index contributed by atoms with van der Waals surface area (Å²) in [6.45, 7) is 8.70. The molecule has 0 aliphatic carbocycles. The van der Waals surface area contributed by atoms with Crippen molar-refractivity contribution in [3.05, 3.63) is 28.8 Å². The summed E-state index contributed by atoms with van der Waals surface area (Å²) < 4.78 is 0. The van der Waals surface area contributed by atoms with Gasteiger partial charge in [0.05, 0.1) is 0 Å². The highest BCUT2D eigenvalue weighted by molar-refractivity contribution is 6.30. The number of halogens is 1. The van der Waals surface area contributed by atoms with Crippen molar-refractivity contribution in [2.45, 2.75) is 52.2 Å². The van der Waals surface area contributed by atoms with Crippen molar-refractivity contribution in [1.82, 2.24) is 5.32 Å². The predicted molar refractivity (Wildman–Crippen MR) is 79.5 cm³/mol. The molecule has 1 heterocycles. The van der Waals surface area contributed by atoms with E-state index in [-0.39, 0.29) is 0 Å². The van der Waals surface area contributed by atoms with Crippen molar-refractivity contribution in [3.8, 4) is 0 Å². The first-order chi connectivity index (χ1) is 8.58. The summed E-state index contributed by atoms with van der Waals surface area (Å²) in [6.07, 6.45) is 2.58. The van der Waals surface area contributed by atoms with Gasteiger partial charge in [-0.3, -0.25) is 0 Å². The lowest BCUT2D eigenvalue weighted by Gasteiger charge is -2.27. The van der Waals surface area contributed by atoms with Crippen LogP contribution < -0.4 is 10.2 Å². The molecule has 18 heavy (non-hydrogen) atoms. The summed E-state index contributed by atoms with van der Waals surface area (Å²) in [4.78, 5) is 2.51. The van der Waals surface area contributed by atoms with Gasteiger partial charge in [-0.15, -0.1) is 0 Å². The van der Waals surface area contributed by atoms with Crippen LogP contribution in [0.2, 0.25) is 5.02 Å². The zero-order chi connectivity index (χ0) is 13.1. The molecule has 1 unspecified atom stereocenters. The van der Waals surface area contributed by atoms with E-state index in [0.717, 1.165) is 18.1 Å². The Morgan fingerprint density at radius 2 is 2.22 bits per heavy atom. The minimum absolute atomic E-state index is 0.493. The maximum absolute atomic E-state index is 6.13. The van der Waals surface area contributed by atoms with Gasteiger partial charge in [0.1, 0.15) is 0 Å². The van der Waals surface area contributed by atoms with Gasteiger partial charge in [0.25, 0.3) is 0 Å². The van der Waals surface area contributed by atoms with E-state index in [0.29, 0.717) is 12.1 Å². The third kappa shape index (κ3) is 3.18. The fraction of sp³-hybridized carbons (Fsp3) is 0.600. The van der Waals surface area contributed by atoms with Crippen molar-refractivity contribution in [1.29, 1.82) is 0 Å². The standard InChI is InChI=1S/C15H23ClN2/c1-11(2)17-10-13-9-14(16)6-7-15(13)18-8-4-5-12(18)3/h6-7,9,11-12,17H,4-5,8,10H2,1-3H3. The van der Waals surface area contributed by atoms with Crippen LogP contribution in [0.5, 0.6) is 0 Å². The summed E-state index contributed by atoms with van der Waals surface area (Å²) in [5, 5.41) is 4.31. The summed E-state index contributed by atoms with van der Waals surface area (Å²) in [5.41, 5.74) is 2.66. The minimum Gasteiger partial charge on any atom is -0.369 e. The van der Waals surface area contributed by atoms with E-state index in [4.69, 9.17) is 11.6 Å². The molecule has 0 amide bonds. The Hall–Kier alpha value is -0.730. The Labute approximate surface area is 115 Å². The van der Waals surface area contributed by atoms with Crippen molar-refractivity contribution in [2.24, 2.45) is 0 Å². The molecule has 0 radical (unpaired) electrons. The van der Waals surface area contributed by atoms with Gasteiger partial charge in [0.15, 0.2) is 0 Å². The van der Waals surface area contributed by atoms with Crippen LogP contribution in [0.4, 0.5) is 5.69 Å². The first kappa shape index (κ1) is 13.7. The molecule has 3 heteroatoms. The van der Waals surface area contributed by atoms with Gasteiger partial charge in [0.2, 0.25) is 0 Å². The molecule has 0 aromatic heterocycles. The molecule has 100 valence electrons. The Kier molecular flexibility index (Phi) is 4.52. The Morgan fingerprint density at radius 3 is 2.83 bits per heavy atom. The minimum atomic E-state index is 0.493. The van der Waals surface area contributed by atoms with Crippen LogP contribution >= 0.6 is 11.6 Å². The second-order valence-electron chi connectivity index (χ2n) is 5.49. The van der Waals surface area contributed by atoms with Crippen molar-refractivity contribution in [3.63, 3.8) is 0 Å². The summed E-state index contributed by atoms with van der Waals surface area (Å²) in [6, 6.07) is 7.40. The molecule has 1 aliphatic rings. The summed E-state index contributed by atoms with van der Waals surface area (Å²) >= 11 is 6.13. The monoisotopic (exact) mass is 266 g/mol. The molecule has 0 saturated carbocycles. The van der Waals surface area contributed by atoms with Crippen molar-refractivity contribution >= 4 is 17.3 Å². The molecule has 1 fully saturated rings. The maximum atomic E-state index is 6.13. The van der Waals surface area contributed by atoms with Gasteiger partial charge in [-0.25, -0.2) is 0 Å². The van der Waals surface area contributed by atoms with Gasteiger partial charge >= 0.3 is 0 Å². The third-order valence-electron chi connectivity index (χ3n) is 3.60. The molecule has 2 rings (SSSR count). The van der Waals surface area contributed by atoms with Crippen LogP contribution in [0.15, 0.2) is 18.2 Å². The molecular formula is C15H23ClN2. The number of rotatable bonds is 4. The smallest absolute Gasteiger partial charge is 0.0415 e. The third-order valence-corrected chi connectivity index (χ3v) is 3.84. The van der Waals surface area contributed by atoms with Crippen LogP contribution in [0, 0.1) is 0 Å².